The third kappa shape index (κ3) is 8.47. The van der Waals surface area contributed by atoms with E-state index in [0.717, 1.165) is 19.3 Å². The number of rotatable bonds is 10. The van der Waals surface area contributed by atoms with Crippen LogP contribution >= 0.6 is 0 Å². The summed E-state index contributed by atoms with van der Waals surface area (Å²) >= 11 is 0. The molecule has 1 atom stereocenters. The number of carbonyl (C=O) groups excluding carboxylic acids is 3. The second-order valence-corrected chi connectivity index (χ2v) is 12.9. The fraction of sp³-hybridized carbons (Fsp3) is 0.864. The van der Waals surface area contributed by atoms with Crippen molar-refractivity contribution in [3.63, 3.8) is 0 Å². The number of Topliss-reactive ketones (excluding diaryl/α,β-unsaturated/α-hetero) is 1. The van der Waals surface area contributed by atoms with E-state index >= 15 is 0 Å². The number of hydroxylamine groups is 2. The second kappa shape index (κ2) is 10.9. The second-order valence-electron chi connectivity index (χ2n) is 10.6. The molecule has 0 radical (unpaired) electrons. The monoisotopic (exact) mass is 443 g/mol. The Kier molecular flexibility index (Phi) is 9.70. The number of hydrogen-bond acceptors (Lipinski definition) is 7. The zero-order chi connectivity index (χ0) is 23.2. The Bertz CT molecular complexity index is 608. The Morgan fingerprint density at radius 1 is 1.03 bits per heavy atom. The van der Waals surface area contributed by atoms with Crippen molar-refractivity contribution in [2.45, 2.75) is 104 Å². The smallest absolute Gasteiger partial charge is 0.336 e. The van der Waals surface area contributed by atoms with Gasteiger partial charge in [-0.15, -0.1) is 0 Å². The van der Waals surface area contributed by atoms with Crippen LogP contribution in [-0.2, 0) is 28.4 Å². The maximum atomic E-state index is 13.2. The van der Waals surface area contributed by atoms with Gasteiger partial charge < -0.3 is 14.0 Å². The first-order valence-electron chi connectivity index (χ1n) is 11.0. The number of carbonyl (C=O) groups is 3. The average Bonchev–Trinajstić information content (AvgIpc) is 2.95. The molecule has 0 aliphatic carbocycles. The van der Waals surface area contributed by atoms with Crippen LogP contribution in [0.5, 0.6) is 0 Å². The molecule has 1 rings (SSSR count). The van der Waals surface area contributed by atoms with Gasteiger partial charge in [0.25, 0.3) is 0 Å². The van der Waals surface area contributed by atoms with Crippen molar-refractivity contribution in [1.82, 2.24) is 5.06 Å². The molecule has 1 aliphatic rings. The Hall–Kier alpha value is -1.25. The largest absolute Gasteiger partial charge is 0.464 e. The van der Waals surface area contributed by atoms with Crippen LogP contribution < -0.4 is 0 Å². The van der Waals surface area contributed by atoms with Gasteiger partial charge in [0, 0.05) is 6.54 Å². The summed E-state index contributed by atoms with van der Waals surface area (Å²) < 4.78 is 16.8. The highest BCUT2D eigenvalue weighted by molar-refractivity contribution is 6.48. The molecular formula is C22H41NO6Si. The summed E-state index contributed by atoms with van der Waals surface area (Å²) in [6.45, 7) is 16.4. The summed E-state index contributed by atoms with van der Waals surface area (Å²) in [5.74, 6) is -1.76. The van der Waals surface area contributed by atoms with Gasteiger partial charge in [-0.05, 0) is 71.4 Å². The van der Waals surface area contributed by atoms with Crippen molar-refractivity contribution in [2.75, 3.05) is 13.2 Å². The molecule has 1 fully saturated rings. The lowest BCUT2D eigenvalue weighted by atomic mass is 9.89. The predicted octanol–water partition coefficient (Wildman–Crippen LogP) is 3.80. The third-order valence-electron chi connectivity index (χ3n) is 4.74. The molecule has 0 aromatic rings. The summed E-state index contributed by atoms with van der Waals surface area (Å²) in [4.78, 5) is 38.6. The molecule has 0 amide bonds. The van der Waals surface area contributed by atoms with Crippen LogP contribution in [0.2, 0.25) is 13.1 Å². The molecule has 1 heterocycles. The lowest BCUT2D eigenvalue weighted by molar-refractivity contribution is -0.185. The van der Waals surface area contributed by atoms with E-state index in [1.54, 1.807) is 20.8 Å². The van der Waals surface area contributed by atoms with Crippen LogP contribution in [0.4, 0.5) is 0 Å². The van der Waals surface area contributed by atoms with Gasteiger partial charge in [-0.2, -0.15) is 5.06 Å². The molecule has 0 N–H and O–H groups in total. The summed E-state index contributed by atoms with van der Waals surface area (Å²) in [5, 5.41) is 1.48. The molecule has 0 bridgehead atoms. The van der Waals surface area contributed by atoms with E-state index in [0.29, 0.717) is 13.0 Å². The van der Waals surface area contributed by atoms with Crippen LogP contribution in [0.3, 0.4) is 0 Å². The molecule has 30 heavy (non-hydrogen) atoms. The standard InChI is InChI=1S/C22H41NO6Si/c1-20(2,3)12-9-10-15-27-19(26)22(13-11-14-23(22)29-30(7)8)17(24)16-18(25)28-21(4,5)6/h30H,9-16H2,1-8H3. The van der Waals surface area contributed by atoms with Crippen LogP contribution in [0, 0.1) is 5.41 Å². The van der Waals surface area contributed by atoms with Crippen LogP contribution in [0.1, 0.15) is 80.1 Å². The normalized spacial score (nSPS) is 20.4. The van der Waals surface area contributed by atoms with Gasteiger partial charge in [-0.25, -0.2) is 4.79 Å². The minimum absolute atomic E-state index is 0.229. The minimum Gasteiger partial charge on any atom is -0.464 e. The highest BCUT2D eigenvalue weighted by Gasteiger charge is 2.56. The Morgan fingerprint density at radius 2 is 1.67 bits per heavy atom. The molecular weight excluding hydrogens is 402 g/mol. The summed E-state index contributed by atoms with van der Waals surface area (Å²) in [7, 11) is -1.57. The minimum atomic E-state index is -1.57. The van der Waals surface area contributed by atoms with Crippen LogP contribution in [-0.4, -0.2) is 56.1 Å². The molecule has 0 aromatic heterocycles. The first-order chi connectivity index (χ1) is 13.7. The van der Waals surface area contributed by atoms with E-state index in [1.807, 2.05) is 13.1 Å². The Balaban J connectivity index is 2.89. The fourth-order valence-electron chi connectivity index (χ4n) is 3.48. The van der Waals surface area contributed by atoms with Gasteiger partial charge in [0.05, 0.1) is 6.61 Å². The molecule has 0 spiro atoms. The highest BCUT2D eigenvalue weighted by Crippen LogP contribution is 2.34. The van der Waals surface area contributed by atoms with Crippen molar-refractivity contribution in [3.05, 3.63) is 0 Å². The highest BCUT2D eigenvalue weighted by atomic mass is 28.3. The topological polar surface area (TPSA) is 82.1 Å². The number of ether oxygens (including phenoxy) is 2. The molecule has 1 unspecified atom stereocenters. The SMILES string of the molecule is C[SiH](C)ON1CCCC1(C(=O)CC(=O)OC(C)(C)C)C(=O)OCCCCC(C)(C)C. The average molecular weight is 444 g/mol. The Morgan fingerprint density at radius 3 is 2.20 bits per heavy atom. The molecule has 0 aromatic carbocycles. The van der Waals surface area contributed by atoms with Crippen molar-refractivity contribution >= 4 is 26.8 Å². The first-order valence-corrected chi connectivity index (χ1v) is 13.8. The fourth-order valence-corrected chi connectivity index (χ4v) is 4.28. The maximum Gasteiger partial charge on any atom is 0.336 e. The Labute approximate surface area is 183 Å². The molecule has 7 nitrogen and oxygen atoms in total. The van der Waals surface area contributed by atoms with E-state index in [4.69, 9.17) is 14.0 Å². The molecule has 174 valence electrons. The van der Waals surface area contributed by atoms with Gasteiger partial charge in [0.15, 0.2) is 14.8 Å². The van der Waals surface area contributed by atoms with Gasteiger partial charge >= 0.3 is 11.9 Å². The van der Waals surface area contributed by atoms with Gasteiger partial charge in [-0.1, -0.05) is 20.8 Å². The van der Waals surface area contributed by atoms with E-state index in [2.05, 4.69) is 20.8 Å². The van der Waals surface area contributed by atoms with E-state index < -0.39 is 44.3 Å². The van der Waals surface area contributed by atoms with Gasteiger partial charge in [0.1, 0.15) is 12.0 Å². The van der Waals surface area contributed by atoms with E-state index in [1.165, 1.54) is 5.06 Å². The third-order valence-corrected chi connectivity index (χ3v) is 5.42. The number of unbranched alkanes of at least 4 members (excludes halogenated alkanes) is 1. The van der Waals surface area contributed by atoms with Gasteiger partial charge in [0.2, 0.25) is 5.54 Å². The summed E-state index contributed by atoms with van der Waals surface area (Å²) in [5.41, 5.74) is -2.03. The zero-order valence-electron chi connectivity index (χ0n) is 20.1. The van der Waals surface area contributed by atoms with Crippen molar-refractivity contribution in [2.24, 2.45) is 5.41 Å². The first kappa shape index (κ1) is 26.8. The van der Waals surface area contributed by atoms with Crippen molar-refractivity contribution in [3.8, 4) is 0 Å². The quantitative estimate of drug-likeness (QED) is 0.220. The molecule has 0 saturated carbocycles. The van der Waals surface area contributed by atoms with Crippen molar-refractivity contribution in [1.29, 1.82) is 0 Å². The number of ketones is 1. The van der Waals surface area contributed by atoms with Crippen molar-refractivity contribution < 1.29 is 28.4 Å². The molecule has 1 saturated heterocycles. The van der Waals surface area contributed by atoms with Crippen LogP contribution in [0.25, 0.3) is 0 Å². The zero-order valence-corrected chi connectivity index (χ0v) is 21.3. The summed E-state index contributed by atoms with van der Waals surface area (Å²) in [6.07, 6.45) is 3.14. The molecule has 1 aliphatic heterocycles. The molecule has 8 heteroatoms. The van der Waals surface area contributed by atoms with Gasteiger partial charge in [-0.3, -0.25) is 9.59 Å². The van der Waals surface area contributed by atoms with Crippen LogP contribution in [0.15, 0.2) is 0 Å². The maximum absolute atomic E-state index is 13.2. The number of esters is 2. The number of hydrogen-bond donors (Lipinski definition) is 0. The lowest BCUT2D eigenvalue weighted by Crippen LogP contribution is -2.58. The summed E-state index contributed by atoms with van der Waals surface area (Å²) in [6, 6.07) is 0. The van der Waals surface area contributed by atoms with E-state index in [-0.39, 0.29) is 18.4 Å². The lowest BCUT2D eigenvalue weighted by Gasteiger charge is -2.35. The predicted molar refractivity (Wildman–Crippen MR) is 118 cm³/mol. The number of nitrogens with zero attached hydrogens (tertiary/aromatic N) is 1. The van der Waals surface area contributed by atoms with E-state index in [9.17, 15) is 14.4 Å².